The molecule has 1 aromatic carbocycles. The van der Waals surface area contributed by atoms with Crippen LogP contribution in [0.5, 0.6) is 0 Å². The number of hydrogen-bond acceptors (Lipinski definition) is 3. The van der Waals surface area contributed by atoms with E-state index < -0.39 is 0 Å². The fourth-order valence-electron chi connectivity index (χ4n) is 2.83. The molecule has 0 atom stereocenters. The third-order valence-corrected chi connectivity index (χ3v) is 3.99. The number of ether oxygens (including phenoxy) is 1. The van der Waals surface area contributed by atoms with Crippen molar-refractivity contribution in [2.75, 3.05) is 6.61 Å². The van der Waals surface area contributed by atoms with Crippen LogP contribution < -0.4 is 4.68 Å². The molecule has 1 aromatic heterocycles. The van der Waals surface area contributed by atoms with Gasteiger partial charge in [-0.2, -0.15) is 0 Å². The van der Waals surface area contributed by atoms with E-state index >= 15 is 0 Å². The number of rotatable bonds is 7. The summed E-state index contributed by atoms with van der Waals surface area (Å²) in [6.07, 6.45) is 4.13. The van der Waals surface area contributed by atoms with Gasteiger partial charge in [0.15, 0.2) is 12.7 Å². The van der Waals surface area contributed by atoms with Gasteiger partial charge in [0.05, 0.1) is 12.8 Å². The van der Waals surface area contributed by atoms with Crippen LogP contribution in [0.4, 0.5) is 0 Å². The molecule has 0 bridgehead atoms. The number of aryl methyl sites for hydroxylation is 3. The van der Waals surface area contributed by atoms with Crippen molar-refractivity contribution >= 4 is 11.8 Å². The van der Waals surface area contributed by atoms with Crippen LogP contribution in [0.3, 0.4) is 0 Å². The molecule has 1 heterocycles. The molecular weight excluding hydrogens is 393 g/mol. The number of aromatic nitrogens is 2. The molecule has 0 unspecified atom stereocenters. The topological polar surface area (TPSA) is 52.2 Å². The summed E-state index contributed by atoms with van der Waals surface area (Å²) in [5.74, 6) is -0.190. The van der Waals surface area contributed by atoms with Crippen molar-refractivity contribution in [3.05, 3.63) is 52.8 Å². The summed E-state index contributed by atoms with van der Waals surface area (Å²) >= 11 is 0. The number of carbonyl (C=O) groups is 2. The Labute approximate surface area is 174 Å². The molecule has 131 valence electrons. The summed E-state index contributed by atoms with van der Waals surface area (Å²) in [5, 5.41) is 0. The molecule has 0 amide bonds. The minimum atomic E-state index is -0.302. The Morgan fingerprint density at radius 2 is 1.80 bits per heavy atom. The summed E-state index contributed by atoms with van der Waals surface area (Å²) in [4.78, 5) is 24.2. The molecule has 0 aliphatic rings. The van der Waals surface area contributed by atoms with Gasteiger partial charge in [0.25, 0.3) is 0 Å². The van der Waals surface area contributed by atoms with Gasteiger partial charge in [0.1, 0.15) is 0 Å². The van der Waals surface area contributed by atoms with Crippen LogP contribution in [0, 0.1) is 20.8 Å². The fourth-order valence-corrected chi connectivity index (χ4v) is 2.83. The first-order chi connectivity index (χ1) is 11.4. The number of Topliss-reactive ketones (excluding diaryl/α,β-unsaturated/α-hetero) is 1. The average molecular weight is 418 g/mol. The van der Waals surface area contributed by atoms with Crippen LogP contribution in [0.1, 0.15) is 29.2 Å². The Hall–Kier alpha value is -1.33. The summed E-state index contributed by atoms with van der Waals surface area (Å²) in [5.41, 5.74) is 4.35. The van der Waals surface area contributed by atoms with Crippen LogP contribution >= 0.6 is 0 Å². The number of esters is 1. The van der Waals surface area contributed by atoms with Crippen LogP contribution in [-0.2, 0) is 66.5 Å². The fraction of sp³-hybridized carbons (Fsp3) is 0.421. The molecule has 6 heteroatoms. The standard InChI is InChI=1S/C19H25N2O3.Y/c1-5-24-19(23)13-21-11-14(2)10-20(21)12-17(22)9-18-15(3)7-6-8-16(18)4;/h6-8,10-11H,5,9,12-13H2,1-4H3;/q+1;. The largest absolute Gasteiger partial charge is 0.464 e. The van der Waals surface area contributed by atoms with Crippen molar-refractivity contribution in [3.63, 3.8) is 0 Å². The normalized spacial score (nSPS) is 10.2. The van der Waals surface area contributed by atoms with Gasteiger partial charge in [0, 0.05) is 44.7 Å². The van der Waals surface area contributed by atoms with Crippen molar-refractivity contribution in [2.24, 2.45) is 0 Å². The quantitative estimate of drug-likeness (QED) is 0.511. The molecule has 0 aliphatic carbocycles. The molecule has 0 saturated heterocycles. The third-order valence-electron chi connectivity index (χ3n) is 3.99. The number of hydrogen-bond donors (Lipinski definition) is 0. The van der Waals surface area contributed by atoms with Gasteiger partial charge in [0.2, 0.25) is 12.3 Å². The zero-order chi connectivity index (χ0) is 17.7. The Bertz CT molecular complexity index is 733. The maximum atomic E-state index is 12.5. The Morgan fingerprint density at radius 3 is 2.40 bits per heavy atom. The number of ketones is 1. The van der Waals surface area contributed by atoms with Gasteiger partial charge in [-0.1, -0.05) is 18.2 Å². The SMILES string of the molecule is CCOC(=O)Cn1cc(C)c[n+]1CC(=O)Cc1c(C)cccc1C.[Y]. The summed E-state index contributed by atoms with van der Waals surface area (Å²) in [6.45, 7) is 8.46. The van der Waals surface area contributed by atoms with Gasteiger partial charge in [-0.3, -0.25) is 4.79 Å². The van der Waals surface area contributed by atoms with E-state index in [1.807, 2.05) is 51.4 Å². The van der Waals surface area contributed by atoms with Gasteiger partial charge < -0.3 is 4.74 Å². The zero-order valence-electron chi connectivity index (χ0n) is 15.4. The molecule has 1 radical (unpaired) electrons. The van der Waals surface area contributed by atoms with Crippen molar-refractivity contribution in [3.8, 4) is 0 Å². The first-order valence-corrected chi connectivity index (χ1v) is 8.19. The number of benzene rings is 1. The summed E-state index contributed by atoms with van der Waals surface area (Å²) in [6, 6.07) is 6.05. The molecule has 25 heavy (non-hydrogen) atoms. The number of carbonyl (C=O) groups excluding carboxylic acids is 2. The van der Waals surface area contributed by atoms with E-state index in [1.165, 1.54) is 0 Å². The molecular formula is C19H25N2O3Y+. The van der Waals surface area contributed by atoms with Crippen molar-refractivity contribution < 1.29 is 51.7 Å². The van der Waals surface area contributed by atoms with E-state index in [1.54, 1.807) is 16.3 Å². The molecule has 0 fully saturated rings. The second-order valence-corrected chi connectivity index (χ2v) is 6.09. The van der Waals surface area contributed by atoms with E-state index in [-0.39, 0.29) is 57.6 Å². The molecule has 0 saturated carbocycles. The first-order valence-electron chi connectivity index (χ1n) is 8.19. The smallest absolute Gasteiger partial charge is 0.331 e. The van der Waals surface area contributed by atoms with E-state index in [2.05, 4.69) is 0 Å². The van der Waals surface area contributed by atoms with E-state index in [0.717, 1.165) is 22.3 Å². The molecule has 5 nitrogen and oxygen atoms in total. The minimum absolute atomic E-state index is 0. The monoisotopic (exact) mass is 418 g/mol. The maximum Gasteiger partial charge on any atom is 0.331 e. The Morgan fingerprint density at radius 1 is 1.16 bits per heavy atom. The van der Waals surface area contributed by atoms with Crippen molar-refractivity contribution in [1.29, 1.82) is 0 Å². The Balaban J connectivity index is 0.00000312. The summed E-state index contributed by atoms with van der Waals surface area (Å²) in [7, 11) is 0. The second-order valence-electron chi connectivity index (χ2n) is 6.09. The van der Waals surface area contributed by atoms with Gasteiger partial charge in [-0.25, -0.2) is 4.79 Å². The molecule has 2 rings (SSSR count). The summed E-state index contributed by atoms with van der Waals surface area (Å²) < 4.78 is 8.50. The molecule has 0 spiro atoms. The molecule has 0 N–H and O–H groups in total. The number of nitrogens with zero attached hydrogens (tertiary/aromatic N) is 2. The van der Waals surface area contributed by atoms with E-state index in [0.29, 0.717) is 13.0 Å². The van der Waals surface area contributed by atoms with Crippen molar-refractivity contribution in [2.45, 2.75) is 47.2 Å². The molecule has 2 aromatic rings. The third kappa shape index (κ3) is 6.16. The average Bonchev–Trinajstić information content (AvgIpc) is 2.82. The molecule has 0 aliphatic heterocycles. The first kappa shape index (κ1) is 21.7. The maximum absolute atomic E-state index is 12.5. The van der Waals surface area contributed by atoms with Crippen LogP contribution in [0.25, 0.3) is 0 Å². The minimum Gasteiger partial charge on any atom is -0.464 e. The van der Waals surface area contributed by atoms with Crippen LogP contribution in [-0.4, -0.2) is 23.0 Å². The van der Waals surface area contributed by atoms with Crippen LogP contribution in [0.15, 0.2) is 30.6 Å². The predicted molar refractivity (Wildman–Crippen MR) is 90.6 cm³/mol. The van der Waals surface area contributed by atoms with Gasteiger partial charge in [-0.15, -0.1) is 9.36 Å². The predicted octanol–water partition coefficient (Wildman–Crippen LogP) is 2.07. The zero-order valence-corrected chi connectivity index (χ0v) is 18.3. The van der Waals surface area contributed by atoms with Crippen LogP contribution in [0.2, 0.25) is 0 Å². The Kier molecular flexibility index (Phi) is 8.67. The van der Waals surface area contributed by atoms with E-state index in [9.17, 15) is 9.59 Å². The van der Waals surface area contributed by atoms with E-state index in [4.69, 9.17) is 4.74 Å². The second kappa shape index (κ2) is 9.98. The van der Waals surface area contributed by atoms with Gasteiger partial charge >= 0.3 is 5.97 Å². The van der Waals surface area contributed by atoms with Gasteiger partial charge in [-0.05, 0) is 44.4 Å². The van der Waals surface area contributed by atoms with Crippen molar-refractivity contribution in [1.82, 2.24) is 4.68 Å².